The molecular weight excluding hydrogens is 320 g/mol. The molecule has 0 atom stereocenters. The summed E-state index contributed by atoms with van der Waals surface area (Å²) in [7, 11) is 0. The number of carbonyl (C=O) groups excluding carboxylic acids is 1. The third-order valence-corrected chi connectivity index (χ3v) is 5.73. The van der Waals surface area contributed by atoms with E-state index >= 15 is 0 Å². The van der Waals surface area contributed by atoms with Gasteiger partial charge in [0, 0.05) is 16.8 Å². The molecule has 0 unspecified atom stereocenters. The fraction of sp³-hybridized carbons (Fsp3) is 0.400. The summed E-state index contributed by atoms with van der Waals surface area (Å²) in [6.45, 7) is 2.44. The number of hydrogen-bond acceptors (Lipinski definition) is 5. The maximum absolute atomic E-state index is 11.9. The van der Waals surface area contributed by atoms with Gasteiger partial charge in [-0.15, -0.1) is 22.7 Å². The summed E-state index contributed by atoms with van der Waals surface area (Å²) in [4.78, 5) is 29.7. The molecule has 0 saturated heterocycles. The molecule has 5 nitrogen and oxygen atoms in total. The zero-order chi connectivity index (χ0) is 15.7. The molecule has 1 amide bonds. The van der Waals surface area contributed by atoms with Crippen molar-refractivity contribution < 1.29 is 14.7 Å². The second-order valence-electron chi connectivity index (χ2n) is 5.41. The fourth-order valence-corrected chi connectivity index (χ4v) is 3.91. The number of hydrogen-bond donors (Lipinski definition) is 2. The third kappa shape index (κ3) is 2.91. The molecule has 1 fully saturated rings. The molecule has 0 bridgehead atoms. The predicted molar refractivity (Wildman–Crippen MR) is 86.2 cm³/mol. The Morgan fingerprint density at radius 2 is 2.18 bits per heavy atom. The van der Waals surface area contributed by atoms with Crippen molar-refractivity contribution in [1.29, 1.82) is 0 Å². The van der Waals surface area contributed by atoms with Gasteiger partial charge in [0.2, 0.25) is 5.91 Å². The molecule has 2 aromatic rings. The van der Waals surface area contributed by atoms with Crippen molar-refractivity contribution in [3.63, 3.8) is 0 Å². The molecule has 3 rings (SSSR count). The van der Waals surface area contributed by atoms with Crippen LogP contribution >= 0.6 is 22.7 Å². The van der Waals surface area contributed by atoms with Crippen molar-refractivity contribution in [2.75, 3.05) is 6.54 Å². The van der Waals surface area contributed by atoms with Crippen LogP contribution in [0.1, 0.15) is 22.7 Å². The maximum atomic E-state index is 11.9. The second-order valence-corrected chi connectivity index (χ2v) is 7.64. The van der Waals surface area contributed by atoms with E-state index in [4.69, 9.17) is 5.11 Å². The van der Waals surface area contributed by atoms with E-state index in [0.717, 1.165) is 20.5 Å². The molecule has 0 spiro atoms. The lowest BCUT2D eigenvalue weighted by atomic mass is 10.1. The predicted octanol–water partition coefficient (Wildman–Crippen LogP) is 2.70. The van der Waals surface area contributed by atoms with Gasteiger partial charge >= 0.3 is 5.97 Å². The lowest BCUT2D eigenvalue weighted by molar-refractivity contribution is -0.149. The first-order chi connectivity index (χ1) is 10.5. The van der Waals surface area contributed by atoms with E-state index in [1.165, 1.54) is 0 Å². The number of rotatable bonds is 6. The van der Waals surface area contributed by atoms with Crippen LogP contribution in [-0.4, -0.2) is 28.5 Å². The molecule has 0 radical (unpaired) electrons. The van der Waals surface area contributed by atoms with Gasteiger partial charge in [-0.3, -0.25) is 9.59 Å². The largest absolute Gasteiger partial charge is 0.480 e. The van der Waals surface area contributed by atoms with Gasteiger partial charge in [0.05, 0.1) is 15.6 Å². The molecule has 0 aromatic carbocycles. The highest BCUT2D eigenvalue weighted by Crippen LogP contribution is 2.46. The zero-order valence-electron chi connectivity index (χ0n) is 12.1. The van der Waals surface area contributed by atoms with Gasteiger partial charge in [0.1, 0.15) is 5.41 Å². The van der Waals surface area contributed by atoms with Gasteiger partial charge in [-0.2, -0.15) is 0 Å². The number of nitrogens with one attached hydrogen (secondary N) is 1. The van der Waals surface area contributed by atoms with Crippen LogP contribution in [-0.2, 0) is 16.0 Å². The first-order valence-electron chi connectivity index (χ1n) is 7.04. The van der Waals surface area contributed by atoms with Crippen LogP contribution < -0.4 is 5.32 Å². The third-order valence-electron chi connectivity index (χ3n) is 3.78. The monoisotopic (exact) mass is 336 g/mol. The Morgan fingerprint density at radius 1 is 1.41 bits per heavy atom. The Morgan fingerprint density at radius 3 is 2.77 bits per heavy atom. The van der Waals surface area contributed by atoms with E-state index in [0.29, 0.717) is 25.8 Å². The molecule has 1 aliphatic rings. The minimum Gasteiger partial charge on any atom is -0.480 e. The van der Waals surface area contributed by atoms with Crippen LogP contribution in [0.4, 0.5) is 0 Å². The molecule has 2 aromatic heterocycles. The number of thiophene rings is 1. The number of thiazole rings is 1. The minimum atomic E-state index is -1.15. The highest BCUT2D eigenvalue weighted by Gasteiger charge is 2.56. The van der Waals surface area contributed by atoms with Gasteiger partial charge in [-0.1, -0.05) is 0 Å². The zero-order valence-corrected chi connectivity index (χ0v) is 13.7. The van der Waals surface area contributed by atoms with Crippen LogP contribution in [0.25, 0.3) is 10.6 Å². The summed E-state index contributed by atoms with van der Waals surface area (Å²) in [5.41, 5.74) is -0.163. The summed E-state index contributed by atoms with van der Waals surface area (Å²) >= 11 is 3.28. The van der Waals surface area contributed by atoms with Crippen molar-refractivity contribution in [2.45, 2.75) is 26.2 Å². The highest BCUT2D eigenvalue weighted by molar-refractivity contribution is 7.16. The lowest BCUT2D eigenvalue weighted by Gasteiger charge is -2.09. The first-order valence-corrected chi connectivity index (χ1v) is 8.74. The summed E-state index contributed by atoms with van der Waals surface area (Å²) in [5, 5.41) is 14.9. The quantitative estimate of drug-likeness (QED) is 0.795. The standard InChI is InChI=1S/C15H16N2O3S2/c1-9-17-11(8-21-9)12-3-2-10(22-12)4-7-16-13(18)15(5-6-15)14(19)20/h2-3,8H,4-7H2,1H3,(H,16,18)(H,19,20). The lowest BCUT2D eigenvalue weighted by Crippen LogP contribution is -2.37. The molecule has 1 saturated carbocycles. The van der Waals surface area contributed by atoms with E-state index < -0.39 is 11.4 Å². The van der Waals surface area contributed by atoms with Crippen molar-refractivity contribution in [3.05, 3.63) is 27.4 Å². The SMILES string of the molecule is Cc1nc(-c2ccc(CCNC(=O)C3(C(=O)O)CC3)s2)cs1. The Hall–Kier alpha value is -1.73. The first kappa shape index (κ1) is 15.2. The van der Waals surface area contributed by atoms with Crippen LogP contribution in [0.5, 0.6) is 0 Å². The molecule has 2 N–H and O–H groups in total. The highest BCUT2D eigenvalue weighted by atomic mass is 32.1. The average Bonchev–Trinajstić information content (AvgIpc) is 2.99. The molecule has 7 heteroatoms. The van der Waals surface area contributed by atoms with Crippen LogP contribution in [0.3, 0.4) is 0 Å². The molecule has 116 valence electrons. The molecular formula is C15H16N2O3S2. The van der Waals surface area contributed by atoms with Crippen molar-refractivity contribution in [3.8, 4) is 10.6 Å². The van der Waals surface area contributed by atoms with E-state index in [1.807, 2.05) is 24.4 Å². The van der Waals surface area contributed by atoms with Crippen LogP contribution in [0.2, 0.25) is 0 Å². The second kappa shape index (κ2) is 5.81. The van der Waals surface area contributed by atoms with Gasteiger partial charge in [-0.05, 0) is 38.3 Å². The number of aryl methyl sites for hydroxylation is 1. The van der Waals surface area contributed by atoms with Crippen molar-refractivity contribution >= 4 is 34.6 Å². The van der Waals surface area contributed by atoms with E-state index in [1.54, 1.807) is 22.7 Å². The van der Waals surface area contributed by atoms with Gasteiger partial charge in [0.15, 0.2) is 0 Å². The molecule has 1 aliphatic carbocycles. The van der Waals surface area contributed by atoms with Gasteiger partial charge in [0.25, 0.3) is 0 Å². The van der Waals surface area contributed by atoms with Crippen molar-refractivity contribution in [1.82, 2.24) is 10.3 Å². The topological polar surface area (TPSA) is 79.3 Å². The van der Waals surface area contributed by atoms with Crippen LogP contribution in [0.15, 0.2) is 17.5 Å². The van der Waals surface area contributed by atoms with Gasteiger partial charge in [-0.25, -0.2) is 4.98 Å². The molecule has 22 heavy (non-hydrogen) atoms. The number of aromatic nitrogens is 1. The van der Waals surface area contributed by atoms with Crippen molar-refractivity contribution in [2.24, 2.45) is 5.41 Å². The Labute approximate surface area is 136 Å². The number of carboxylic acid groups (broad SMARTS) is 1. The van der Waals surface area contributed by atoms with E-state index in [2.05, 4.69) is 10.3 Å². The summed E-state index contributed by atoms with van der Waals surface area (Å²) in [6.07, 6.45) is 1.59. The fourth-order valence-electron chi connectivity index (χ4n) is 2.26. The normalized spacial score (nSPS) is 15.5. The smallest absolute Gasteiger partial charge is 0.319 e. The Balaban J connectivity index is 1.54. The summed E-state index contributed by atoms with van der Waals surface area (Å²) in [5.74, 6) is -1.37. The minimum absolute atomic E-state index is 0.355. The average molecular weight is 336 g/mol. The Bertz CT molecular complexity index is 716. The number of amides is 1. The summed E-state index contributed by atoms with van der Waals surface area (Å²) < 4.78 is 0. The van der Waals surface area contributed by atoms with Crippen LogP contribution in [0, 0.1) is 12.3 Å². The van der Waals surface area contributed by atoms with E-state index in [9.17, 15) is 9.59 Å². The van der Waals surface area contributed by atoms with Gasteiger partial charge < -0.3 is 10.4 Å². The van der Waals surface area contributed by atoms with E-state index in [-0.39, 0.29) is 5.91 Å². The number of carboxylic acids is 1. The number of carbonyl (C=O) groups is 2. The molecule has 0 aliphatic heterocycles. The maximum Gasteiger partial charge on any atom is 0.319 e. The number of aliphatic carboxylic acids is 1. The Kier molecular flexibility index (Phi) is 4.01. The molecule has 2 heterocycles. The number of nitrogens with zero attached hydrogens (tertiary/aromatic N) is 1. The summed E-state index contributed by atoms with van der Waals surface area (Å²) in [6, 6.07) is 4.07.